The SMILES string of the molecule is O=C1CCCC2=NC(Nc3nc4ccccc4o3)=NC(c3ccc(F)cc3)C12. The molecule has 1 aliphatic carbocycles. The van der Waals surface area contributed by atoms with Crippen LogP contribution in [0.3, 0.4) is 0 Å². The lowest BCUT2D eigenvalue weighted by Crippen LogP contribution is -2.37. The molecule has 2 aromatic carbocycles. The summed E-state index contributed by atoms with van der Waals surface area (Å²) in [6.07, 6.45) is 2.04. The number of para-hydroxylation sites is 2. The molecule has 0 amide bonds. The number of carbonyl (C=O) groups is 1. The first-order valence-electron chi connectivity index (χ1n) is 9.23. The second kappa shape index (κ2) is 6.67. The molecule has 5 rings (SSSR count). The Morgan fingerprint density at radius 3 is 2.71 bits per heavy atom. The average molecular weight is 376 g/mol. The highest BCUT2D eigenvalue weighted by atomic mass is 19.1. The van der Waals surface area contributed by atoms with Gasteiger partial charge in [0.1, 0.15) is 17.1 Å². The minimum Gasteiger partial charge on any atom is -0.423 e. The monoisotopic (exact) mass is 376 g/mol. The van der Waals surface area contributed by atoms with Gasteiger partial charge >= 0.3 is 6.01 Å². The molecule has 0 spiro atoms. The number of Topliss-reactive ketones (excluding diaryl/α,β-unsaturated/α-hetero) is 1. The quantitative estimate of drug-likeness (QED) is 0.723. The van der Waals surface area contributed by atoms with Crippen LogP contribution in [0.2, 0.25) is 0 Å². The fourth-order valence-corrected chi connectivity index (χ4v) is 3.80. The Morgan fingerprint density at radius 2 is 1.89 bits per heavy atom. The van der Waals surface area contributed by atoms with E-state index in [-0.39, 0.29) is 11.6 Å². The molecule has 2 heterocycles. The van der Waals surface area contributed by atoms with Crippen molar-refractivity contribution in [1.82, 2.24) is 4.98 Å². The largest absolute Gasteiger partial charge is 0.423 e. The zero-order valence-electron chi connectivity index (χ0n) is 14.9. The van der Waals surface area contributed by atoms with Gasteiger partial charge in [-0.2, -0.15) is 4.98 Å². The van der Waals surface area contributed by atoms with Gasteiger partial charge in [0.05, 0.1) is 12.0 Å². The Bertz CT molecular complexity index is 1080. The molecule has 0 radical (unpaired) electrons. The smallest absolute Gasteiger partial charge is 0.302 e. The van der Waals surface area contributed by atoms with Crippen LogP contribution in [0.5, 0.6) is 0 Å². The number of nitrogens with zero attached hydrogens (tertiary/aromatic N) is 3. The van der Waals surface area contributed by atoms with Crippen LogP contribution in [0.1, 0.15) is 30.9 Å². The van der Waals surface area contributed by atoms with Crippen molar-refractivity contribution in [2.75, 3.05) is 5.32 Å². The number of carbonyl (C=O) groups excluding carboxylic acids is 1. The van der Waals surface area contributed by atoms with E-state index >= 15 is 0 Å². The lowest BCUT2D eigenvalue weighted by molar-refractivity contribution is -0.122. The van der Waals surface area contributed by atoms with Crippen LogP contribution < -0.4 is 5.32 Å². The number of aromatic nitrogens is 1. The van der Waals surface area contributed by atoms with E-state index in [4.69, 9.17) is 4.42 Å². The number of hydrogen-bond acceptors (Lipinski definition) is 6. The maximum atomic E-state index is 13.4. The van der Waals surface area contributed by atoms with E-state index in [1.54, 1.807) is 12.1 Å². The van der Waals surface area contributed by atoms with Gasteiger partial charge in [-0.3, -0.25) is 10.1 Å². The standard InChI is InChI=1S/C21H17FN4O2/c22-13-10-8-12(9-11-13)19-18-15(5-3-6-16(18)27)23-20(25-19)26-21-24-14-4-1-2-7-17(14)28-21/h1-2,4,7-11,18-19H,3,5-6H2,(H,24,25,26). The maximum Gasteiger partial charge on any atom is 0.302 e. The number of aliphatic imine (C=N–C) groups is 2. The summed E-state index contributed by atoms with van der Waals surface area (Å²) in [5.41, 5.74) is 2.98. The van der Waals surface area contributed by atoms with E-state index in [9.17, 15) is 9.18 Å². The van der Waals surface area contributed by atoms with Gasteiger partial charge in [-0.1, -0.05) is 24.3 Å². The third kappa shape index (κ3) is 2.98. The third-order valence-electron chi connectivity index (χ3n) is 5.11. The van der Waals surface area contributed by atoms with E-state index in [0.717, 1.165) is 29.6 Å². The van der Waals surface area contributed by atoms with Crippen LogP contribution in [-0.2, 0) is 4.79 Å². The zero-order valence-corrected chi connectivity index (χ0v) is 14.9. The van der Waals surface area contributed by atoms with E-state index in [1.807, 2.05) is 24.3 Å². The summed E-state index contributed by atoms with van der Waals surface area (Å²) in [5.74, 6) is -0.239. The van der Waals surface area contributed by atoms with Crippen molar-refractivity contribution < 1.29 is 13.6 Å². The Morgan fingerprint density at radius 1 is 1.07 bits per heavy atom. The third-order valence-corrected chi connectivity index (χ3v) is 5.11. The van der Waals surface area contributed by atoms with E-state index in [2.05, 4.69) is 20.3 Å². The first-order valence-corrected chi connectivity index (χ1v) is 9.23. The summed E-state index contributed by atoms with van der Waals surface area (Å²) in [6.45, 7) is 0. The molecule has 2 aliphatic rings. The molecule has 1 N–H and O–H groups in total. The number of benzene rings is 2. The van der Waals surface area contributed by atoms with Gasteiger partial charge in [-0.05, 0) is 42.7 Å². The molecule has 6 nitrogen and oxygen atoms in total. The lowest BCUT2D eigenvalue weighted by atomic mass is 9.78. The molecule has 1 aromatic heterocycles. The Kier molecular flexibility index (Phi) is 4.00. The maximum absolute atomic E-state index is 13.4. The van der Waals surface area contributed by atoms with E-state index in [1.165, 1.54) is 12.1 Å². The van der Waals surface area contributed by atoms with Crippen molar-refractivity contribution in [3.8, 4) is 0 Å². The highest BCUT2D eigenvalue weighted by molar-refractivity contribution is 6.14. The van der Waals surface area contributed by atoms with Crippen LogP contribution in [-0.4, -0.2) is 22.4 Å². The normalized spacial score (nSPS) is 21.8. The summed E-state index contributed by atoms with van der Waals surface area (Å²) < 4.78 is 19.1. The van der Waals surface area contributed by atoms with Crippen LogP contribution in [0.4, 0.5) is 10.4 Å². The number of hydrogen-bond donors (Lipinski definition) is 1. The number of ketones is 1. The number of oxazole rings is 1. The predicted molar refractivity (Wildman–Crippen MR) is 104 cm³/mol. The number of rotatable bonds is 2. The average Bonchev–Trinajstić information content (AvgIpc) is 3.10. The van der Waals surface area contributed by atoms with Gasteiger partial charge in [-0.25, -0.2) is 14.4 Å². The molecule has 1 saturated carbocycles. The molecule has 1 fully saturated rings. The predicted octanol–water partition coefficient (Wildman–Crippen LogP) is 4.30. The van der Waals surface area contributed by atoms with Gasteiger partial charge in [0.2, 0.25) is 5.96 Å². The number of fused-ring (bicyclic) bond motifs is 2. The summed E-state index contributed by atoms with van der Waals surface area (Å²) in [5, 5.41) is 3.03. The van der Waals surface area contributed by atoms with E-state index in [0.29, 0.717) is 24.0 Å². The molecule has 0 saturated heterocycles. The van der Waals surface area contributed by atoms with Crippen LogP contribution in [0, 0.1) is 11.7 Å². The molecule has 1 aliphatic heterocycles. The van der Waals surface area contributed by atoms with Gasteiger partial charge in [-0.15, -0.1) is 0 Å². The number of halogens is 1. The van der Waals surface area contributed by atoms with Gasteiger partial charge < -0.3 is 4.42 Å². The number of nitrogens with one attached hydrogen (secondary N) is 1. The van der Waals surface area contributed by atoms with Gasteiger partial charge in [0.15, 0.2) is 5.58 Å². The summed E-state index contributed by atoms with van der Waals surface area (Å²) in [4.78, 5) is 26.2. The Balaban J connectivity index is 1.52. The topological polar surface area (TPSA) is 79.9 Å². The molecule has 0 bridgehead atoms. The van der Waals surface area contributed by atoms with Crippen molar-refractivity contribution in [2.24, 2.45) is 15.9 Å². The molecule has 2 unspecified atom stereocenters. The second-order valence-corrected chi connectivity index (χ2v) is 6.96. The molecule has 3 aromatic rings. The first kappa shape index (κ1) is 16.8. The van der Waals surface area contributed by atoms with E-state index < -0.39 is 12.0 Å². The first-order chi connectivity index (χ1) is 13.7. The number of guanidine groups is 1. The van der Waals surface area contributed by atoms with Gasteiger partial charge in [0, 0.05) is 12.1 Å². The minimum absolute atomic E-state index is 0.129. The molecule has 7 heteroatoms. The Hall–Kier alpha value is -3.35. The van der Waals surface area contributed by atoms with Crippen molar-refractivity contribution in [3.05, 3.63) is 59.9 Å². The fourth-order valence-electron chi connectivity index (χ4n) is 3.80. The molecule has 140 valence electrons. The van der Waals surface area contributed by atoms with Crippen LogP contribution in [0.25, 0.3) is 11.1 Å². The molecule has 28 heavy (non-hydrogen) atoms. The second-order valence-electron chi connectivity index (χ2n) is 6.96. The highest BCUT2D eigenvalue weighted by Gasteiger charge is 2.39. The minimum atomic E-state index is -0.437. The zero-order chi connectivity index (χ0) is 19.1. The highest BCUT2D eigenvalue weighted by Crippen LogP contribution is 2.36. The van der Waals surface area contributed by atoms with Crippen molar-refractivity contribution >= 4 is 34.6 Å². The molecule has 2 atom stereocenters. The number of anilines is 1. The summed E-state index contributed by atoms with van der Waals surface area (Å²) in [7, 11) is 0. The Labute approximate surface area is 160 Å². The lowest BCUT2D eigenvalue weighted by Gasteiger charge is -2.31. The van der Waals surface area contributed by atoms with Crippen molar-refractivity contribution in [1.29, 1.82) is 0 Å². The summed E-state index contributed by atoms with van der Waals surface area (Å²) >= 11 is 0. The summed E-state index contributed by atoms with van der Waals surface area (Å²) in [6, 6.07) is 13.4. The van der Waals surface area contributed by atoms with Crippen LogP contribution >= 0.6 is 0 Å². The van der Waals surface area contributed by atoms with Crippen molar-refractivity contribution in [2.45, 2.75) is 25.3 Å². The van der Waals surface area contributed by atoms with Gasteiger partial charge in [0.25, 0.3) is 0 Å². The fraction of sp³-hybridized carbons (Fsp3) is 0.238. The van der Waals surface area contributed by atoms with Crippen LogP contribution in [0.15, 0.2) is 62.9 Å². The molecular formula is C21H17FN4O2. The van der Waals surface area contributed by atoms with Crippen molar-refractivity contribution in [3.63, 3.8) is 0 Å². The molecular weight excluding hydrogens is 359 g/mol.